The normalized spacial score (nSPS) is 13.1. The molecule has 7 aromatic rings. The summed E-state index contributed by atoms with van der Waals surface area (Å²) in [6.45, 7) is 4.62. The van der Waals surface area contributed by atoms with Gasteiger partial charge in [0.2, 0.25) is 0 Å². The summed E-state index contributed by atoms with van der Waals surface area (Å²) in [6, 6.07) is 54.9. The fraction of sp³-hybridized carbons (Fsp3) is 0.0714. The van der Waals surface area contributed by atoms with E-state index < -0.39 is 0 Å². The Labute approximate surface area is 269 Å². The zero-order valence-electron chi connectivity index (χ0n) is 25.8. The highest BCUT2D eigenvalue weighted by molar-refractivity contribution is 5.93. The summed E-state index contributed by atoms with van der Waals surface area (Å²) in [7, 11) is 0. The van der Waals surface area contributed by atoms with Crippen molar-refractivity contribution in [2.24, 2.45) is 0 Å². The molecule has 1 aromatic heterocycles. The minimum Gasteiger partial charge on any atom is -0.309 e. The van der Waals surface area contributed by atoms with Gasteiger partial charge in [0.15, 0.2) is 17.5 Å². The van der Waals surface area contributed by atoms with E-state index in [1.54, 1.807) is 0 Å². The van der Waals surface area contributed by atoms with Crippen LogP contribution in [0.25, 0.3) is 45.3 Å². The van der Waals surface area contributed by atoms with Crippen molar-refractivity contribution in [3.8, 4) is 45.3 Å². The van der Waals surface area contributed by atoms with Gasteiger partial charge in [-0.1, -0.05) is 147 Å². The molecule has 1 aliphatic heterocycles. The minimum absolute atomic E-state index is 0.165. The monoisotopic (exact) mass is 592 g/mol. The molecular weight excluding hydrogens is 560 g/mol. The lowest BCUT2D eigenvalue weighted by Gasteiger charge is -2.42. The maximum atomic E-state index is 5.18. The number of rotatable bonds is 5. The van der Waals surface area contributed by atoms with Crippen molar-refractivity contribution < 1.29 is 0 Å². The van der Waals surface area contributed by atoms with Crippen LogP contribution in [-0.2, 0) is 5.41 Å². The van der Waals surface area contributed by atoms with Gasteiger partial charge in [0.1, 0.15) is 0 Å². The number of hydrogen-bond donors (Lipinski definition) is 0. The van der Waals surface area contributed by atoms with Crippen LogP contribution >= 0.6 is 0 Å². The molecule has 4 heteroatoms. The summed E-state index contributed by atoms with van der Waals surface area (Å²) in [4.78, 5) is 17.7. The molecule has 0 bridgehead atoms. The van der Waals surface area contributed by atoms with Crippen molar-refractivity contribution in [1.29, 1.82) is 0 Å². The molecule has 0 aliphatic carbocycles. The fourth-order valence-electron chi connectivity index (χ4n) is 6.58. The Bertz CT molecular complexity index is 2070. The second-order valence-electron chi connectivity index (χ2n) is 12.1. The SMILES string of the molecule is CC1(C)c2ccccc2N(c2ccc(-c3ccccc3)cc2-c2nc(-c3ccccc3)nc(-c3ccccc3)n2)c2ccccc21. The summed E-state index contributed by atoms with van der Waals surface area (Å²) < 4.78 is 0. The first-order valence-corrected chi connectivity index (χ1v) is 15.6. The predicted molar refractivity (Wildman–Crippen MR) is 188 cm³/mol. The van der Waals surface area contributed by atoms with Crippen LogP contribution in [0.5, 0.6) is 0 Å². The van der Waals surface area contributed by atoms with Crippen LogP contribution in [0.4, 0.5) is 17.1 Å². The van der Waals surface area contributed by atoms with Gasteiger partial charge in [-0.05, 0) is 46.5 Å². The van der Waals surface area contributed by atoms with Crippen molar-refractivity contribution >= 4 is 17.1 Å². The van der Waals surface area contributed by atoms with E-state index in [2.05, 4.69) is 110 Å². The summed E-state index contributed by atoms with van der Waals surface area (Å²) in [5.74, 6) is 1.91. The molecule has 2 heterocycles. The average molecular weight is 593 g/mol. The lowest BCUT2D eigenvalue weighted by molar-refractivity contribution is 0.632. The standard InChI is InChI=1S/C42H32N4/c1-42(2)34-22-12-14-24-37(34)46(38-25-15-13-23-35(38)42)36-27-26-32(29-16-6-3-7-17-29)28-33(36)41-44-39(30-18-8-4-9-19-30)43-40(45-41)31-20-10-5-11-21-31/h3-28H,1-2H3. The lowest BCUT2D eigenvalue weighted by Crippen LogP contribution is -2.30. The van der Waals surface area contributed by atoms with E-state index in [9.17, 15) is 0 Å². The van der Waals surface area contributed by atoms with Crippen LogP contribution in [0.3, 0.4) is 0 Å². The molecule has 1 aliphatic rings. The lowest BCUT2D eigenvalue weighted by atomic mass is 9.73. The quantitative estimate of drug-likeness (QED) is 0.199. The Balaban J connectivity index is 1.43. The van der Waals surface area contributed by atoms with Gasteiger partial charge < -0.3 is 4.90 Å². The van der Waals surface area contributed by atoms with Gasteiger partial charge in [-0.3, -0.25) is 0 Å². The van der Waals surface area contributed by atoms with Crippen LogP contribution in [0.15, 0.2) is 158 Å². The van der Waals surface area contributed by atoms with Gasteiger partial charge in [0.05, 0.1) is 17.1 Å². The number of nitrogens with zero attached hydrogens (tertiary/aromatic N) is 4. The molecule has 46 heavy (non-hydrogen) atoms. The van der Waals surface area contributed by atoms with Gasteiger partial charge in [-0.15, -0.1) is 0 Å². The summed E-state index contributed by atoms with van der Waals surface area (Å²) in [5, 5.41) is 0. The van der Waals surface area contributed by atoms with E-state index in [4.69, 9.17) is 15.0 Å². The molecule has 0 saturated heterocycles. The number of anilines is 3. The van der Waals surface area contributed by atoms with Crippen LogP contribution < -0.4 is 4.90 Å². The van der Waals surface area contributed by atoms with E-state index in [0.717, 1.165) is 44.9 Å². The third kappa shape index (κ3) is 4.76. The van der Waals surface area contributed by atoms with Crippen LogP contribution in [-0.4, -0.2) is 15.0 Å². The molecule has 0 amide bonds. The molecule has 8 rings (SSSR count). The van der Waals surface area contributed by atoms with Gasteiger partial charge >= 0.3 is 0 Å². The molecule has 6 aromatic carbocycles. The molecule has 220 valence electrons. The Morgan fingerprint density at radius 2 is 0.826 bits per heavy atom. The minimum atomic E-state index is -0.165. The maximum Gasteiger partial charge on any atom is 0.166 e. The first-order valence-electron chi connectivity index (χ1n) is 15.6. The number of hydrogen-bond acceptors (Lipinski definition) is 4. The van der Waals surface area contributed by atoms with Crippen molar-refractivity contribution in [3.63, 3.8) is 0 Å². The second-order valence-corrected chi connectivity index (χ2v) is 12.1. The second kappa shape index (κ2) is 11.2. The summed E-state index contributed by atoms with van der Waals surface area (Å²) in [6.07, 6.45) is 0. The van der Waals surface area contributed by atoms with E-state index in [0.29, 0.717) is 17.5 Å². The van der Waals surface area contributed by atoms with Crippen molar-refractivity contribution in [3.05, 3.63) is 169 Å². The topological polar surface area (TPSA) is 41.9 Å². The smallest absolute Gasteiger partial charge is 0.166 e. The van der Waals surface area contributed by atoms with Crippen molar-refractivity contribution in [2.45, 2.75) is 19.3 Å². The molecule has 0 saturated carbocycles. The molecule has 0 spiro atoms. The van der Waals surface area contributed by atoms with E-state index in [1.165, 1.54) is 11.1 Å². The van der Waals surface area contributed by atoms with Gasteiger partial charge in [-0.25, -0.2) is 15.0 Å². The first kappa shape index (κ1) is 27.7. The number of para-hydroxylation sites is 2. The van der Waals surface area contributed by atoms with Gasteiger partial charge in [0, 0.05) is 22.1 Å². The van der Waals surface area contributed by atoms with E-state index >= 15 is 0 Å². The predicted octanol–water partition coefficient (Wildman–Crippen LogP) is 10.6. The highest BCUT2D eigenvalue weighted by atomic mass is 15.2. The Morgan fingerprint density at radius 3 is 1.35 bits per heavy atom. The Kier molecular flexibility index (Phi) is 6.76. The first-order chi connectivity index (χ1) is 22.6. The van der Waals surface area contributed by atoms with Crippen LogP contribution in [0, 0.1) is 0 Å². The molecule has 0 atom stereocenters. The van der Waals surface area contributed by atoms with Crippen molar-refractivity contribution in [2.75, 3.05) is 4.90 Å². The van der Waals surface area contributed by atoms with E-state index in [-0.39, 0.29) is 5.41 Å². The number of benzene rings is 6. The third-order valence-electron chi connectivity index (χ3n) is 8.92. The van der Waals surface area contributed by atoms with Crippen LogP contribution in [0.2, 0.25) is 0 Å². The summed E-state index contributed by atoms with van der Waals surface area (Å²) in [5.41, 5.74) is 10.8. The summed E-state index contributed by atoms with van der Waals surface area (Å²) >= 11 is 0. The fourth-order valence-corrected chi connectivity index (χ4v) is 6.58. The molecule has 0 unspecified atom stereocenters. The Morgan fingerprint density at radius 1 is 0.391 bits per heavy atom. The number of aromatic nitrogens is 3. The Hall–Kier alpha value is -5.87. The highest BCUT2D eigenvalue weighted by Gasteiger charge is 2.37. The zero-order valence-corrected chi connectivity index (χ0v) is 25.8. The molecular formula is C42H32N4. The molecule has 0 radical (unpaired) electrons. The van der Waals surface area contributed by atoms with Crippen molar-refractivity contribution in [1.82, 2.24) is 15.0 Å². The van der Waals surface area contributed by atoms with Crippen LogP contribution in [0.1, 0.15) is 25.0 Å². The van der Waals surface area contributed by atoms with E-state index in [1.807, 2.05) is 66.7 Å². The third-order valence-corrected chi connectivity index (χ3v) is 8.92. The number of fused-ring (bicyclic) bond motifs is 2. The van der Waals surface area contributed by atoms with Gasteiger partial charge in [-0.2, -0.15) is 0 Å². The zero-order chi connectivity index (χ0) is 31.1. The molecule has 4 nitrogen and oxygen atoms in total. The highest BCUT2D eigenvalue weighted by Crippen LogP contribution is 2.53. The van der Waals surface area contributed by atoms with Gasteiger partial charge in [0.25, 0.3) is 0 Å². The molecule has 0 fully saturated rings. The average Bonchev–Trinajstić information content (AvgIpc) is 3.13. The largest absolute Gasteiger partial charge is 0.309 e. The molecule has 0 N–H and O–H groups in total. The maximum absolute atomic E-state index is 5.18.